The monoisotopic (exact) mass is 798 g/mol. The van der Waals surface area contributed by atoms with Crippen molar-refractivity contribution in [3.05, 3.63) is 70.3 Å². The lowest BCUT2D eigenvalue weighted by Gasteiger charge is -2.54. The van der Waals surface area contributed by atoms with Gasteiger partial charge < -0.3 is 23.8 Å². The van der Waals surface area contributed by atoms with Crippen molar-refractivity contribution in [2.45, 2.75) is 75.7 Å². The summed E-state index contributed by atoms with van der Waals surface area (Å²) in [5.74, 6) is 1.28. The minimum absolute atomic E-state index is 0.0823. The third kappa shape index (κ3) is 9.79. The van der Waals surface area contributed by atoms with Gasteiger partial charge >= 0.3 is 0 Å². The molecule has 12 heteroatoms. The van der Waals surface area contributed by atoms with Crippen molar-refractivity contribution in [2.24, 2.45) is 17.8 Å². The minimum Gasteiger partial charge on any atom is -0.491 e. The number of carbonyl (C=O) groups excluding carboxylic acids is 1. The molecule has 1 N–H and O–H groups in total. The van der Waals surface area contributed by atoms with Crippen LogP contribution in [0, 0.1) is 17.8 Å². The second kappa shape index (κ2) is 19.3. The molecule has 0 aromatic heterocycles. The van der Waals surface area contributed by atoms with E-state index in [1.165, 1.54) is 11.1 Å². The zero-order chi connectivity index (χ0) is 39.1. The number of amides is 1. The Labute approximate surface area is 336 Å². The van der Waals surface area contributed by atoms with Gasteiger partial charge in [0.2, 0.25) is 0 Å². The Bertz CT molecular complexity index is 1650. The summed E-state index contributed by atoms with van der Waals surface area (Å²) in [6.07, 6.45) is 9.45. The predicted octanol–water partition coefficient (Wildman–Crippen LogP) is 6.34. The van der Waals surface area contributed by atoms with Crippen LogP contribution in [0.2, 0.25) is 5.02 Å². The molecule has 3 aliphatic heterocycles. The van der Waals surface area contributed by atoms with Crippen molar-refractivity contribution < 1.29 is 28.0 Å². The summed E-state index contributed by atoms with van der Waals surface area (Å²) in [6.45, 7) is 14.2. The van der Waals surface area contributed by atoms with Crippen molar-refractivity contribution in [2.75, 3.05) is 91.9 Å². The number of aryl methyl sites for hydroxylation is 1. The number of rotatable bonds is 13. The fourth-order valence-corrected chi connectivity index (χ4v) is 10.2. The molecule has 7 unspecified atom stereocenters. The molecular weight excluding hydrogens is 736 g/mol. The first kappa shape index (κ1) is 42.1. The minimum atomic E-state index is -1.56. The van der Waals surface area contributed by atoms with Gasteiger partial charge in [0, 0.05) is 89.7 Å². The summed E-state index contributed by atoms with van der Waals surface area (Å²) in [5, 5.41) is 0.508. The quantitative estimate of drug-likeness (QED) is 0.233. The van der Waals surface area contributed by atoms with Gasteiger partial charge in [0.05, 0.1) is 30.8 Å². The van der Waals surface area contributed by atoms with E-state index in [1.807, 2.05) is 32.2 Å². The lowest BCUT2D eigenvalue weighted by Crippen LogP contribution is -2.65. The maximum atomic E-state index is 13.6. The largest absolute Gasteiger partial charge is 0.491 e. The maximum Gasteiger partial charge on any atom is 0.263 e. The number of methoxy groups -OCH3 is 3. The van der Waals surface area contributed by atoms with E-state index in [4.69, 9.17) is 30.5 Å². The Balaban J connectivity index is 1.33. The molecule has 1 aliphatic carbocycles. The van der Waals surface area contributed by atoms with Gasteiger partial charge in [0.25, 0.3) is 5.91 Å². The number of nitrogens with one attached hydrogen (secondary N) is 1. The lowest BCUT2D eigenvalue weighted by atomic mass is 9.63. The number of hydrogen-bond acceptors (Lipinski definition) is 9. The Morgan fingerprint density at radius 1 is 1.02 bits per heavy atom. The first-order valence-electron chi connectivity index (χ1n) is 20.3. The summed E-state index contributed by atoms with van der Waals surface area (Å²) in [7, 11) is 3.84. The standard InChI is InChI=1S/C43H63ClN4O6S/c1-7-9-32-22-36(44)13-14-38(32)35-25-48-24-34-11-15-39(34)43(53-6,29-46-26-37(27-46)47(18-20-51-4)19-21-52-5)17-8-10-30(2)31(3)55(50)45-42(49)33-12-16-41(54-28-35)40(48)23-33/h8,12-14,16-17,22-23,30-31,34-35,37,39H,7,9-11,15,18-21,24-29H2,1-6H3,(H,45,49)/b17-8+. The van der Waals surface area contributed by atoms with E-state index in [1.54, 1.807) is 20.3 Å². The highest BCUT2D eigenvalue weighted by atomic mass is 35.5. The van der Waals surface area contributed by atoms with Gasteiger partial charge in [-0.1, -0.05) is 50.1 Å². The van der Waals surface area contributed by atoms with E-state index in [-0.39, 0.29) is 23.0 Å². The molecule has 0 radical (unpaired) electrons. The summed E-state index contributed by atoms with van der Waals surface area (Å²) < 4.78 is 40.5. The smallest absolute Gasteiger partial charge is 0.263 e. The molecule has 304 valence electrons. The number of likely N-dealkylation sites (tertiary alicyclic amines) is 1. The van der Waals surface area contributed by atoms with Gasteiger partial charge in [0.15, 0.2) is 0 Å². The van der Waals surface area contributed by atoms with Crippen LogP contribution in [0.4, 0.5) is 5.69 Å². The summed E-state index contributed by atoms with van der Waals surface area (Å²) in [5.41, 5.74) is 3.43. The van der Waals surface area contributed by atoms with Crippen LogP contribution in [0.25, 0.3) is 0 Å². The van der Waals surface area contributed by atoms with Crippen LogP contribution in [0.15, 0.2) is 48.6 Å². The normalized spacial score (nSPS) is 29.7. The fourth-order valence-electron chi connectivity index (χ4n) is 9.02. The molecule has 1 amide bonds. The van der Waals surface area contributed by atoms with Crippen LogP contribution in [0.5, 0.6) is 5.75 Å². The van der Waals surface area contributed by atoms with Crippen LogP contribution in [0.1, 0.15) is 73.9 Å². The molecular formula is C43H63ClN4O6S. The molecule has 0 spiro atoms. The van der Waals surface area contributed by atoms with Crippen molar-refractivity contribution >= 4 is 34.2 Å². The van der Waals surface area contributed by atoms with Gasteiger partial charge in [-0.05, 0) is 91.8 Å². The topological polar surface area (TPSA) is 92.8 Å². The molecule has 2 fully saturated rings. The summed E-state index contributed by atoms with van der Waals surface area (Å²) in [6, 6.07) is 12.4. The van der Waals surface area contributed by atoms with Crippen molar-refractivity contribution in [1.29, 1.82) is 0 Å². The number of halogens is 1. The average molecular weight is 800 g/mol. The van der Waals surface area contributed by atoms with E-state index in [0.29, 0.717) is 43.3 Å². The van der Waals surface area contributed by atoms with E-state index < -0.39 is 16.6 Å². The van der Waals surface area contributed by atoms with Crippen LogP contribution in [-0.2, 0) is 31.6 Å². The molecule has 2 aromatic rings. The van der Waals surface area contributed by atoms with Crippen molar-refractivity contribution in [3.63, 3.8) is 0 Å². The number of fused-ring (bicyclic) bond motifs is 2. The number of hydrogen-bond donors (Lipinski definition) is 1. The SMILES string of the molecule is CCCc1cc(Cl)ccc1C1COc2ccc3cc2N(C1)CC1CCC1C(CN1CC(N(CCOC)CCOC)C1)(OC)/C=C/CC(C)C(C)S(=O)NC3=O. The molecule has 4 aliphatic rings. The van der Waals surface area contributed by atoms with Crippen LogP contribution in [0.3, 0.4) is 0 Å². The van der Waals surface area contributed by atoms with Gasteiger partial charge in [0.1, 0.15) is 22.3 Å². The number of nitrogens with zero attached hydrogens (tertiary/aromatic N) is 3. The van der Waals surface area contributed by atoms with Gasteiger partial charge in [-0.25, -0.2) is 4.21 Å². The maximum absolute atomic E-state index is 13.6. The highest BCUT2D eigenvalue weighted by Gasteiger charge is 2.50. The Morgan fingerprint density at radius 3 is 2.45 bits per heavy atom. The molecule has 55 heavy (non-hydrogen) atoms. The molecule has 10 nitrogen and oxygen atoms in total. The second-order valence-electron chi connectivity index (χ2n) is 16.2. The van der Waals surface area contributed by atoms with E-state index in [2.05, 4.69) is 57.6 Å². The summed E-state index contributed by atoms with van der Waals surface area (Å²) in [4.78, 5) is 21.1. The Kier molecular flexibility index (Phi) is 14.8. The van der Waals surface area contributed by atoms with Crippen molar-refractivity contribution in [1.82, 2.24) is 14.5 Å². The zero-order valence-corrected chi connectivity index (χ0v) is 35.3. The number of allylic oxidation sites excluding steroid dienone is 1. The summed E-state index contributed by atoms with van der Waals surface area (Å²) >= 11 is 6.51. The molecule has 3 heterocycles. The number of carbonyl (C=O) groups is 1. The first-order chi connectivity index (χ1) is 26.6. The van der Waals surface area contributed by atoms with Crippen molar-refractivity contribution in [3.8, 4) is 5.75 Å². The van der Waals surface area contributed by atoms with Gasteiger partial charge in [-0.2, -0.15) is 0 Å². The Hall–Kier alpha value is -2.51. The molecule has 1 saturated carbocycles. The second-order valence-corrected chi connectivity index (χ2v) is 18.2. The van der Waals surface area contributed by atoms with Gasteiger partial charge in [-0.3, -0.25) is 19.3 Å². The predicted molar refractivity (Wildman–Crippen MR) is 222 cm³/mol. The highest BCUT2D eigenvalue weighted by Crippen LogP contribution is 2.48. The molecule has 6 rings (SSSR count). The third-order valence-corrected chi connectivity index (χ3v) is 14.5. The number of anilines is 1. The average Bonchev–Trinajstić information content (AvgIpc) is 3.33. The molecule has 2 aromatic carbocycles. The van der Waals surface area contributed by atoms with Crippen LogP contribution in [-0.4, -0.2) is 124 Å². The lowest BCUT2D eigenvalue weighted by molar-refractivity contribution is -0.110. The van der Waals surface area contributed by atoms with E-state index in [0.717, 1.165) is 94.4 Å². The molecule has 7 atom stereocenters. The fraction of sp³-hybridized carbons (Fsp3) is 0.651. The Morgan fingerprint density at radius 2 is 1.78 bits per heavy atom. The number of benzene rings is 2. The van der Waals surface area contributed by atoms with Crippen LogP contribution < -0.4 is 14.4 Å². The number of ether oxygens (including phenoxy) is 4. The third-order valence-electron chi connectivity index (χ3n) is 12.7. The first-order valence-corrected chi connectivity index (χ1v) is 21.9. The van der Waals surface area contributed by atoms with E-state index in [9.17, 15) is 9.00 Å². The molecule has 1 saturated heterocycles. The zero-order valence-electron chi connectivity index (χ0n) is 33.8. The van der Waals surface area contributed by atoms with Crippen LogP contribution >= 0.6 is 11.6 Å². The van der Waals surface area contributed by atoms with E-state index >= 15 is 0 Å². The highest BCUT2D eigenvalue weighted by molar-refractivity contribution is 7.84. The van der Waals surface area contributed by atoms with Gasteiger partial charge in [-0.15, -0.1) is 0 Å². The molecule has 2 bridgehead atoms.